The number of esters is 1. The molecule has 0 aliphatic carbocycles. The summed E-state index contributed by atoms with van der Waals surface area (Å²) >= 11 is 0. The number of carbonyl (C=O) groups excluding carboxylic acids is 1. The molecule has 44 heavy (non-hydrogen) atoms. The second-order valence-electron chi connectivity index (χ2n) is 13.0. The Balaban J connectivity index is 3.44. The van der Waals surface area contributed by atoms with Crippen LogP contribution in [0.15, 0.2) is 24.3 Å². The first kappa shape index (κ1) is 42.9. The Hall–Kier alpha value is -1.13. The summed E-state index contributed by atoms with van der Waals surface area (Å²) in [4.78, 5) is 12.2. The van der Waals surface area contributed by atoms with Crippen LogP contribution >= 0.6 is 0 Å². The standard InChI is InChI=1S/C40H76O4/c1-3-5-7-9-11-13-15-17-19-20-21-22-23-25-27-29-31-33-35-40(42)44-39(37-41)38-43-36-34-32-30-28-26-24-18-16-14-12-10-8-6-4-2/h13,15,19-20,39,41H,3-12,14,16-18,21-38H2,1-2H3/b15-13-,20-19-. The zero-order chi connectivity index (χ0) is 32.0. The fraction of sp³-hybridized carbons (Fsp3) is 0.875. The summed E-state index contributed by atoms with van der Waals surface area (Å²) < 4.78 is 11.1. The van der Waals surface area contributed by atoms with Crippen LogP contribution in [0.1, 0.15) is 200 Å². The monoisotopic (exact) mass is 621 g/mol. The zero-order valence-corrected chi connectivity index (χ0v) is 29.7. The summed E-state index contributed by atoms with van der Waals surface area (Å²) in [5, 5.41) is 9.56. The lowest BCUT2D eigenvalue weighted by Crippen LogP contribution is -2.27. The molecule has 0 radical (unpaired) electrons. The minimum Gasteiger partial charge on any atom is -0.457 e. The number of hydrogen-bond acceptors (Lipinski definition) is 4. The van der Waals surface area contributed by atoms with Crippen molar-refractivity contribution < 1.29 is 19.4 Å². The van der Waals surface area contributed by atoms with Gasteiger partial charge in [-0.2, -0.15) is 0 Å². The minimum atomic E-state index is -0.533. The lowest BCUT2D eigenvalue weighted by molar-refractivity contribution is -0.154. The van der Waals surface area contributed by atoms with Crippen molar-refractivity contribution >= 4 is 5.97 Å². The van der Waals surface area contributed by atoms with E-state index in [0.717, 1.165) is 25.7 Å². The van der Waals surface area contributed by atoms with Gasteiger partial charge < -0.3 is 14.6 Å². The van der Waals surface area contributed by atoms with Gasteiger partial charge >= 0.3 is 5.97 Å². The van der Waals surface area contributed by atoms with Gasteiger partial charge in [0, 0.05) is 13.0 Å². The number of carbonyl (C=O) groups is 1. The molecule has 4 heteroatoms. The van der Waals surface area contributed by atoms with E-state index in [4.69, 9.17) is 9.47 Å². The molecule has 260 valence electrons. The number of rotatable bonds is 36. The summed E-state index contributed by atoms with van der Waals surface area (Å²) in [7, 11) is 0. The van der Waals surface area contributed by atoms with Crippen molar-refractivity contribution in [3.63, 3.8) is 0 Å². The van der Waals surface area contributed by atoms with E-state index in [-0.39, 0.29) is 12.6 Å². The predicted molar refractivity (Wildman–Crippen MR) is 191 cm³/mol. The SMILES string of the molecule is CCCCCC/C=C\C/C=C\CCCCCCCCCC(=O)OC(CO)COCCCCCCCCCCCCCCCC. The molecule has 0 saturated heterocycles. The van der Waals surface area contributed by atoms with Crippen LogP contribution in [0, 0.1) is 0 Å². The third-order valence-electron chi connectivity index (χ3n) is 8.53. The molecule has 0 saturated carbocycles. The first-order chi connectivity index (χ1) is 21.7. The van der Waals surface area contributed by atoms with E-state index >= 15 is 0 Å². The van der Waals surface area contributed by atoms with Gasteiger partial charge in [-0.25, -0.2) is 0 Å². The Morgan fingerprint density at radius 3 is 1.43 bits per heavy atom. The lowest BCUT2D eigenvalue weighted by Gasteiger charge is -2.16. The molecular formula is C40H76O4. The van der Waals surface area contributed by atoms with E-state index in [1.807, 2.05) is 0 Å². The maximum absolute atomic E-state index is 12.2. The molecule has 0 aliphatic rings. The quantitative estimate of drug-likeness (QED) is 0.0430. The normalized spacial score (nSPS) is 12.5. The summed E-state index contributed by atoms with van der Waals surface area (Å²) in [5.74, 6) is -0.206. The summed E-state index contributed by atoms with van der Waals surface area (Å²) in [6, 6.07) is 0. The second-order valence-corrected chi connectivity index (χ2v) is 13.0. The van der Waals surface area contributed by atoms with E-state index in [9.17, 15) is 9.90 Å². The Morgan fingerprint density at radius 2 is 0.955 bits per heavy atom. The zero-order valence-electron chi connectivity index (χ0n) is 29.7. The van der Waals surface area contributed by atoms with Crippen LogP contribution in [0.4, 0.5) is 0 Å². The summed E-state index contributed by atoms with van der Waals surface area (Å²) in [6.07, 6.45) is 45.0. The average Bonchev–Trinajstić information content (AvgIpc) is 3.03. The van der Waals surface area contributed by atoms with E-state index in [1.54, 1.807) is 0 Å². The van der Waals surface area contributed by atoms with Crippen molar-refractivity contribution in [2.75, 3.05) is 19.8 Å². The molecule has 1 atom stereocenters. The molecule has 0 rings (SSSR count). The minimum absolute atomic E-state index is 0.171. The van der Waals surface area contributed by atoms with E-state index in [2.05, 4.69) is 38.2 Å². The molecular weight excluding hydrogens is 544 g/mol. The fourth-order valence-corrected chi connectivity index (χ4v) is 5.59. The van der Waals surface area contributed by atoms with Gasteiger partial charge in [0.15, 0.2) is 0 Å². The van der Waals surface area contributed by atoms with Gasteiger partial charge in [0.05, 0.1) is 13.2 Å². The van der Waals surface area contributed by atoms with Crippen LogP contribution in [0.3, 0.4) is 0 Å². The van der Waals surface area contributed by atoms with Crippen molar-refractivity contribution in [1.82, 2.24) is 0 Å². The Morgan fingerprint density at radius 1 is 0.545 bits per heavy atom. The molecule has 0 aromatic carbocycles. The molecule has 4 nitrogen and oxygen atoms in total. The molecule has 0 spiro atoms. The molecule has 1 N–H and O–H groups in total. The predicted octanol–water partition coefficient (Wildman–Crippen LogP) is 12.4. The number of unbranched alkanes of at least 4 members (excludes halogenated alkanes) is 24. The van der Waals surface area contributed by atoms with Gasteiger partial charge in [0.2, 0.25) is 0 Å². The highest BCUT2D eigenvalue weighted by molar-refractivity contribution is 5.69. The van der Waals surface area contributed by atoms with Crippen LogP contribution < -0.4 is 0 Å². The maximum Gasteiger partial charge on any atom is 0.306 e. The topological polar surface area (TPSA) is 55.8 Å². The van der Waals surface area contributed by atoms with E-state index < -0.39 is 6.10 Å². The molecule has 0 aromatic heterocycles. The Bertz CT molecular complexity index is 614. The molecule has 0 aliphatic heterocycles. The van der Waals surface area contributed by atoms with E-state index in [1.165, 1.54) is 154 Å². The van der Waals surface area contributed by atoms with Crippen LogP contribution in [0.5, 0.6) is 0 Å². The number of aliphatic hydroxyl groups is 1. The lowest BCUT2D eigenvalue weighted by atomic mass is 10.0. The number of allylic oxidation sites excluding steroid dienone is 4. The van der Waals surface area contributed by atoms with Crippen molar-refractivity contribution in [3.8, 4) is 0 Å². The number of hydrogen-bond donors (Lipinski definition) is 1. The van der Waals surface area contributed by atoms with Crippen molar-refractivity contribution in [2.45, 2.75) is 206 Å². The fourth-order valence-electron chi connectivity index (χ4n) is 5.59. The highest BCUT2D eigenvalue weighted by atomic mass is 16.6. The third kappa shape index (κ3) is 35.4. The van der Waals surface area contributed by atoms with Gasteiger partial charge in [-0.05, 0) is 44.9 Å². The average molecular weight is 621 g/mol. The van der Waals surface area contributed by atoms with Crippen LogP contribution in [0.25, 0.3) is 0 Å². The molecule has 0 bridgehead atoms. The molecule has 0 aromatic rings. The molecule has 0 amide bonds. The van der Waals surface area contributed by atoms with Gasteiger partial charge in [-0.3, -0.25) is 4.79 Å². The maximum atomic E-state index is 12.2. The Kier molecular flexibility index (Phi) is 37.1. The third-order valence-corrected chi connectivity index (χ3v) is 8.53. The Labute approximate surface area is 275 Å². The molecule has 0 fully saturated rings. The van der Waals surface area contributed by atoms with E-state index in [0.29, 0.717) is 19.6 Å². The highest BCUT2D eigenvalue weighted by Gasteiger charge is 2.13. The molecule has 1 unspecified atom stereocenters. The molecule has 0 heterocycles. The van der Waals surface area contributed by atoms with Crippen molar-refractivity contribution in [2.24, 2.45) is 0 Å². The van der Waals surface area contributed by atoms with Crippen LogP contribution in [0.2, 0.25) is 0 Å². The summed E-state index contributed by atoms with van der Waals surface area (Å²) in [5.41, 5.74) is 0. The number of aliphatic hydroxyl groups excluding tert-OH is 1. The highest BCUT2D eigenvalue weighted by Crippen LogP contribution is 2.14. The van der Waals surface area contributed by atoms with Gasteiger partial charge in [0.1, 0.15) is 6.10 Å². The smallest absolute Gasteiger partial charge is 0.306 e. The first-order valence-corrected chi connectivity index (χ1v) is 19.4. The van der Waals surface area contributed by atoms with Gasteiger partial charge in [0.25, 0.3) is 0 Å². The van der Waals surface area contributed by atoms with Gasteiger partial charge in [-0.1, -0.05) is 173 Å². The first-order valence-electron chi connectivity index (χ1n) is 19.4. The van der Waals surface area contributed by atoms with Crippen molar-refractivity contribution in [3.05, 3.63) is 24.3 Å². The largest absolute Gasteiger partial charge is 0.457 e. The second kappa shape index (κ2) is 38.1. The van der Waals surface area contributed by atoms with Crippen LogP contribution in [-0.4, -0.2) is 37.0 Å². The van der Waals surface area contributed by atoms with Crippen molar-refractivity contribution in [1.29, 1.82) is 0 Å². The summed E-state index contributed by atoms with van der Waals surface area (Å²) in [6.45, 7) is 5.34. The van der Waals surface area contributed by atoms with Gasteiger partial charge in [-0.15, -0.1) is 0 Å². The van der Waals surface area contributed by atoms with Crippen LogP contribution in [-0.2, 0) is 14.3 Å². The number of ether oxygens (including phenoxy) is 2.